The maximum Gasteiger partial charge on any atom is 0.263 e. The molecule has 2 heterocycles. The summed E-state index contributed by atoms with van der Waals surface area (Å²) in [7, 11) is -2.22. The minimum atomic E-state index is -3.76. The Bertz CT molecular complexity index is 850. The van der Waals surface area contributed by atoms with E-state index < -0.39 is 10.0 Å². The van der Waals surface area contributed by atoms with Crippen LogP contribution in [0.2, 0.25) is 0 Å². The lowest BCUT2D eigenvalue weighted by atomic mass is 10.2. The summed E-state index contributed by atoms with van der Waals surface area (Å²) in [4.78, 5) is 0.167. The SMILES string of the molecule is COc1ccc(S(=O)(=O)Nc2ccc(NCC3CCCO3)nn2)c(C)c1. The topological polar surface area (TPSA) is 102 Å². The monoisotopic (exact) mass is 378 g/mol. The summed E-state index contributed by atoms with van der Waals surface area (Å²) in [6.45, 7) is 3.16. The fourth-order valence-corrected chi connectivity index (χ4v) is 3.97. The fraction of sp³-hybridized carbons (Fsp3) is 0.412. The van der Waals surface area contributed by atoms with Crippen molar-refractivity contribution < 1.29 is 17.9 Å². The number of anilines is 2. The molecule has 1 aromatic carbocycles. The zero-order chi connectivity index (χ0) is 18.6. The van der Waals surface area contributed by atoms with Crippen LogP contribution in [0, 0.1) is 6.92 Å². The molecule has 0 spiro atoms. The summed E-state index contributed by atoms with van der Waals surface area (Å²) in [5.74, 6) is 1.33. The first-order valence-corrected chi connectivity index (χ1v) is 9.83. The molecule has 3 rings (SSSR count). The number of hydrogen-bond acceptors (Lipinski definition) is 7. The lowest BCUT2D eigenvalue weighted by molar-refractivity contribution is 0.120. The average molecular weight is 378 g/mol. The van der Waals surface area contributed by atoms with E-state index in [-0.39, 0.29) is 16.8 Å². The van der Waals surface area contributed by atoms with Gasteiger partial charge in [0.15, 0.2) is 5.82 Å². The highest BCUT2D eigenvalue weighted by Gasteiger charge is 2.19. The van der Waals surface area contributed by atoms with Crippen molar-refractivity contribution in [3.8, 4) is 5.75 Å². The van der Waals surface area contributed by atoms with E-state index in [0.29, 0.717) is 23.7 Å². The van der Waals surface area contributed by atoms with Crippen LogP contribution >= 0.6 is 0 Å². The molecule has 1 saturated heterocycles. The van der Waals surface area contributed by atoms with Gasteiger partial charge in [0.1, 0.15) is 11.6 Å². The third-order valence-corrected chi connectivity index (χ3v) is 5.62. The van der Waals surface area contributed by atoms with Crippen LogP contribution in [0.5, 0.6) is 5.75 Å². The van der Waals surface area contributed by atoms with Gasteiger partial charge in [-0.15, -0.1) is 10.2 Å². The highest BCUT2D eigenvalue weighted by Crippen LogP contribution is 2.23. The van der Waals surface area contributed by atoms with Gasteiger partial charge < -0.3 is 14.8 Å². The molecule has 0 radical (unpaired) electrons. The molecule has 1 aliphatic rings. The van der Waals surface area contributed by atoms with Gasteiger partial charge in [0, 0.05) is 13.2 Å². The van der Waals surface area contributed by atoms with Gasteiger partial charge >= 0.3 is 0 Å². The second kappa shape index (κ2) is 7.88. The number of hydrogen-bond donors (Lipinski definition) is 2. The number of methoxy groups -OCH3 is 1. The number of nitrogens with zero attached hydrogens (tertiary/aromatic N) is 2. The average Bonchev–Trinajstić information content (AvgIpc) is 3.14. The number of rotatable bonds is 7. The summed E-state index contributed by atoms with van der Waals surface area (Å²) in [6, 6.07) is 8.02. The van der Waals surface area contributed by atoms with Crippen molar-refractivity contribution in [2.24, 2.45) is 0 Å². The van der Waals surface area contributed by atoms with E-state index >= 15 is 0 Å². The van der Waals surface area contributed by atoms with Crippen LogP contribution in [0.25, 0.3) is 0 Å². The number of sulfonamides is 1. The minimum absolute atomic E-state index is 0.155. The molecule has 2 aromatic rings. The molecule has 0 bridgehead atoms. The van der Waals surface area contributed by atoms with Crippen LogP contribution < -0.4 is 14.8 Å². The molecule has 140 valence electrons. The van der Waals surface area contributed by atoms with Gasteiger partial charge in [-0.25, -0.2) is 8.42 Å². The van der Waals surface area contributed by atoms with Gasteiger partial charge in [-0.2, -0.15) is 0 Å². The maximum atomic E-state index is 12.6. The molecule has 26 heavy (non-hydrogen) atoms. The Labute approximate surface area is 153 Å². The molecular formula is C17H22N4O4S. The van der Waals surface area contributed by atoms with Crippen molar-refractivity contribution in [3.63, 3.8) is 0 Å². The molecule has 1 aliphatic heterocycles. The molecular weight excluding hydrogens is 356 g/mol. The Hall–Kier alpha value is -2.39. The van der Waals surface area contributed by atoms with E-state index in [1.165, 1.54) is 13.2 Å². The van der Waals surface area contributed by atoms with Crippen molar-refractivity contribution in [2.45, 2.75) is 30.8 Å². The first-order valence-electron chi connectivity index (χ1n) is 8.34. The van der Waals surface area contributed by atoms with Crippen LogP contribution in [0.3, 0.4) is 0 Å². The predicted octanol–water partition coefficient (Wildman–Crippen LogP) is 2.19. The number of nitrogens with one attached hydrogen (secondary N) is 2. The molecule has 1 aromatic heterocycles. The molecule has 0 aliphatic carbocycles. The smallest absolute Gasteiger partial charge is 0.263 e. The van der Waals surface area contributed by atoms with Crippen LogP contribution in [-0.2, 0) is 14.8 Å². The molecule has 9 heteroatoms. The van der Waals surface area contributed by atoms with Crippen LogP contribution in [0.4, 0.5) is 11.6 Å². The Kier molecular flexibility index (Phi) is 5.58. The summed E-state index contributed by atoms with van der Waals surface area (Å²) >= 11 is 0. The zero-order valence-corrected chi connectivity index (χ0v) is 15.5. The molecule has 2 N–H and O–H groups in total. The third kappa shape index (κ3) is 4.41. The number of aryl methyl sites for hydroxylation is 1. The van der Waals surface area contributed by atoms with E-state index in [2.05, 4.69) is 20.2 Å². The standard InChI is InChI=1S/C17H22N4O4S/c1-12-10-13(24-2)5-6-15(12)26(22,23)21-17-8-7-16(19-20-17)18-11-14-4-3-9-25-14/h5-8,10,14H,3-4,9,11H2,1-2H3,(H,18,19)(H,20,21). The normalized spacial score (nSPS) is 17.1. The van der Waals surface area contributed by atoms with E-state index in [0.717, 1.165) is 19.4 Å². The van der Waals surface area contributed by atoms with Crippen molar-refractivity contribution in [1.82, 2.24) is 10.2 Å². The van der Waals surface area contributed by atoms with Crippen molar-refractivity contribution in [1.29, 1.82) is 0 Å². The van der Waals surface area contributed by atoms with E-state index in [4.69, 9.17) is 9.47 Å². The van der Waals surface area contributed by atoms with Crippen LogP contribution in [-0.4, -0.2) is 45.0 Å². The van der Waals surface area contributed by atoms with Crippen LogP contribution in [0.15, 0.2) is 35.2 Å². The second-order valence-electron chi connectivity index (χ2n) is 6.06. The lowest BCUT2D eigenvalue weighted by Crippen LogP contribution is -2.19. The van der Waals surface area contributed by atoms with Gasteiger partial charge in [-0.05, 0) is 55.7 Å². The Morgan fingerprint density at radius 2 is 2.00 bits per heavy atom. The third-order valence-electron chi connectivity index (χ3n) is 4.11. The van der Waals surface area contributed by atoms with Gasteiger partial charge in [-0.1, -0.05) is 0 Å². The summed E-state index contributed by atoms with van der Waals surface area (Å²) < 4.78 is 38.2. The number of aromatic nitrogens is 2. The highest BCUT2D eigenvalue weighted by molar-refractivity contribution is 7.92. The van der Waals surface area contributed by atoms with Crippen molar-refractivity contribution >= 4 is 21.7 Å². The van der Waals surface area contributed by atoms with Gasteiger partial charge in [0.2, 0.25) is 0 Å². The molecule has 0 saturated carbocycles. The molecule has 1 unspecified atom stereocenters. The zero-order valence-electron chi connectivity index (χ0n) is 14.7. The molecule has 1 fully saturated rings. The van der Waals surface area contributed by atoms with Crippen molar-refractivity contribution in [2.75, 3.05) is 30.3 Å². The van der Waals surface area contributed by atoms with E-state index in [1.54, 1.807) is 31.2 Å². The number of benzene rings is 1. The molecule has 1 atom stereocenters. The van der Waals surface area contributed by atoms with Crippen LogP contribution in [0.1, 0.15) is 18.4 Å². The Morgan fingerprint density at radius 1 is 1.23 bits per heavy atom. The lowest BCUT2D eigenvalue weighted by Gasteiger charge is -2.12. The van der Waals surface area contributed by atoms with Gasteiger partial charge in [0.25, 0.3) is 10.0 Å². The minimum Gasteiger partial charge on any atom is -0.497 e. The quantitative estimate of drug-likeness (QED) is 0.761. The molecule has 8 nitrogen and oxygen atoms in total. The van der Waals surface area contributed by atoms with Gasteiger partial charge in [-0.3, -0.25) is 4.72 Å². The summed E-state index contributed by atoms with van der Waals surface area (Å²) in [5.41, 5.74) is 0.583. The molecule has 0 amide bonds. The van der Waals surface area contributed by atoms with E-state index in [1.807, 2.05) is 0 Å². The van der Waals surface area contributed by atoms with Gasteiger partial charge in [0.05, 0.1) is 18.1 Å². The predicted molar refractivity (Wildman–Crippen MR) is 98.0 cm³/mol. The first kappa shape index (κ1) is 18.4. The Morgan fingerprint density at radius 3 is 2.62 bits per heavy atom. The van der Waals surface area contributed by atoms with E-state index in [9.17, 15) is 8.42 Å². The highest BCUT2D eigenvalue weighted by atomic mass is 32.2. The second-order valence-corrected chi connectivity index (χ2v) is 7.71. The Balaban J connectivity index is 1.65. The fourth-order valence-electron chi connectivity index (χ4n) is 2.75. The first-order chi connectivity index (χ1) is 12.5. The maximum absolute atomic E-state index is 12.6. The summed E-state index contributed by atoms with van der Waals surface area (Å²) in [5, 5.41) is 11.1. The number of ether oxygens (including phenoxy) is 2. The largest absolute Gasteiger partial charge is 0.497 e. The van der Waals surface area contributed by atoms with Crippen molar-refractivity contribution in [3.05, 3.63) is 35.9 Å². The summed E-state index contributed by atoms with van der Waals surface area (Å²) in [6.07, 6.45) is 2.29.